The van der Waals surface area contributed by atoms with Gasteiger partial charge in [0.05, 0.1) is 0 Å². The molecule has 0 aliphatic rings. The number of rotatable bonds is 0. The largest absolute Gasteiger partial charge is 0.257 e. The smallest absolute Gasteiger partial charge is 0.252 e. The summed E-state index contributed by atoms with van der Waals surface area (Å²) in [6.07, 6.45) is 3.15. The molecule has 2 aromatic heterocycles. The number of nitrogens with zero attached hydrogens (tertiary/aromatic N) is 5. The van der Waals surface area contributed by atoms with Gasteiger partial charge in [0.1, 0.15) is 18.5 Å². The third-order valence-corrected chi connectivity index (χ3v) is 1.78. The van der Waals surface area contributed by atoms with Crippen LogP contribution in [0.25, 0.3) is 5.78 Å². The van der Waals surface area contributed by atoms with Crippen molar-refractivity contribution < 1.29 is 0 Å². The van der Waals surface area contributed by atoms with E-state index >= 15 is 0 Å². The van der Waals surface area contributed by atoms with E-state index in [4.69, 9.17) is 0 Å². The van der Waals surface area contributed by atoms with Crippen LogP contribution in [-0.4, -0.2) is 24.6 Å². The number of hydrogen-bond donors (Lipinski definition) is 0. The molecule has 0 amide bonds. The van der Waals surface area contributed by atoms with Crippen molar-refractivity contribution in [3.63, 3.8) is 0 Å². The van der Waals surface area contributed by atoms with E-state index in [1.807, 2.05) is 0 Å². The van der Waals surface area contributed by atoms with Crippen molar-refractivity contribution in [1.82, 2.24) is 24.6 Å². The maximum Gasteiger partial charge on any atom is 0.257 e. The molecule has 2 rings (SSSR count). The molecule has 0 aromatic carbocycles. The van der Waals surface area contributed by atoms with Crippen LogP contribution >= 0.6 is 0 Å². The molecule has 0 N–H and O–H groups in total. The Morgan fingerprint density at radius 1 is 1.23 bits per heavy atom. The number of fused-ring (bicyclic) bond motifs is 1. The zero-order chi connectivity index (χ0) is 9.47. The fourth-order valence-corrected chi connectivity index (χ4v) is 1.22. The van der Waals surface area contributed by atoms with E-state index in [1.165, 1.54) is 6.33 Å². The molecule has 5 heteroatoms. The lowest BCUT2D eigenvalue weighted by molar-refractivity contribution is 0.532. The van der Waals surface area contributed by atoms with Gasteiger partial charge in [0.15, 0.2) is 0 Å². The summed E-state index contributed by atoms with van der Waals surface area (Å²) in [5.41, 5.74) is -0.0242. The first kappa shape index (κ1) is 8.10. The van der Waals surface area contributed by atoms with Gasteiger partial charge < -0.3 is 0 Å². The molecule has 0 bridgehead atoms. The first-order valence-electron chi connectivity index (χ1n) is 4.10. The Bertz CT molecular complexity index is 425. The van der Waals surface area contributed by atoms with Gasteiger partial charge >= 0.3 is 0 Å². The summed E-state index contributed by atoms with van der Waals surface area (Å²) < 4.78 is 1.81. The maximum absolute atomic E-state index is 4.22. The molecular weight excluding hydrogens is 166 g/mol. The van der Waals surface area contributed by atoms with Crippen LogP contribution in [-0.2, 0) is 5.41 Å². The first-order chi connectivity index (χ1) is 6.09. The third-order valence-electron chi connectivity index (χ3n) is 1.78. The molecule has 0 fully saturated rings. The van der Waals surface area contributed by atoms with E-state index in [-0.39, 0.29) is 5.41 Å². The number of aromatic nitrogens is 5. The standard InChI is InChI=1S/C8H11N5/c1-8(2,3)6-9-4-10-7-12-11-5-13(6)7/h4-5H,1-3H3. The Morgan fingerprint density at radius 2 is 2.00 bits per heavy atom. The highest BCUT2D eigenvalue weighted by Crippen LogP contribution is 2.18. The molecule has 13 heavy (non-hydrogen) atoms. The Kier molecular flexibility index (Phi) is 1.55. The van der Waals surface area contributed by atoms with Crippen LogP contribution in [0, 0.1) is 0 Å². The van der Waals surface area contributed by atoms with Gasteiger partial charge in [-0.25, -0.2) is 4.98 Å². The molecule has 0 saturated carbocycles. The van der Waals surface area contributed by atoms with E-state index in [1.54, 1.807) is 10.7 Å². The molecule has 68 valence electrons. The molecule has 0 spiro atoms. The molecule has 0 aliphatic heterocycles. The van der Waals surface area contributed by atoms with Crippen molar-refractivity contribution in [2.45, 2.75) is 26.2 Å². The minimum atomic E-state index is -0.0242. The highest BCUT2D eigenvalue weighted by atomic mass is 15.3. The van der Waals surface area contributed by atoms with Crippen LogP contribution < -0.4 is 0 Å². The van der Waals surface area contributed by atoms with Gasteiger partial charge in [0.2, 0.25) is 0 Å². The average Bonchev–Trinajstić information content (AvgIpc) is 2.48. The van der Waals surface area contributed by atoms with Gasteiger partial charge in [0, 0.05) is 5.41 Å². The first-order valence-corrected chi connectivity index (χ1v) is 4.10. The fraction of sp³-hybridized carbons (Fsp3) is 0.500. The molecule has 5 nitrogen and oxygen atoms in total. The Hall–Kier alpha value is -1.52. The lowest BCUT2D eigenvalue weighted by atomic mass is 9.96. The van der Waals surface area contributed by atoms with Gasteiger partial charge in [-0.1, -0.05) is 20.8 Å². The number of hydrogen-bond acceptors (Lipinski definition) is 4. The highest BCUT2D eigenvalue weighted by Gasteiger charge is 2.19. The lowest BCUT2D eigenvalue weighted by Gasteiger charge is -2.17. The van der Waals surface area contributed by atoms with Gasteiger partial charge in [-0.05, 0) is 0 Å². The molecule has 0 atom stereocenters. The Balaban J connectivity index is 2.75. The van der Waals surface area contributed by atoms with Crippen LogP contribution in [0.2, 0.25) is 0 Å². The van der Waals surface area contributed by atoms with Crippen molar-refractivity contribution in [3.05, 3.63) is 18.5 Å². The van der Waals surface area contributed by atoms with Crippen LogP contribution in [0.3, 0.4) is 0 Å². The predicted molar refractivity (Wildman–Crippen MR) is 47.3 cm³/mol. The summed E-state index contributed by atoms with van der Waals surface area (Å²) in [5.74, 6) is 1.52. The average molecular weight is 177 g/mol. The van der Waals surface area contributed by atoms with Crippen LogP contribution in [0.5, 0.6) is 0 Å². The van der Waals surface area contributed by atoms with Gasteiger partial charge in [-0.15, -0.1) is 10.2 Å². The molecule has 2 heterocycles. The van der Waals surface area contributed by atoms with Crippen molar-refractivity contribution in [2.75, 3.05) is 0 Å². The molecule has 0 saturated heterocycles. The fourth-order valence-electron chi connectivity index (χ4n) is 1.22. The second-order valence-electron chi connectivity index (χ2n) is 3.95. The topological polar surface area (TPSA) is 56.0 Å². The lowest BCUT2D eigenvalue weighted by Crippen LogP contribution is -2.18. The summed E-state index contributed by atoms with van der Waals surface area (Å²) in [6.45, 7) is 6.28. The summed E-state index contributed by atoms with van der Waals surface area (Å²) in [4.78, 5) is 8.22. The minimum Gasteiger partial charge on any atom is -0.252 e. The monoisotopic (exact) mass is 177 g/mol. The van der Waals surface area contributed by atoms with Crippen molar-refractivity contribution in [2.24, 2.45) is 0 Å². The molecular formula is C8H11N5. The van der Waals surface area contributed by atoms with E-state index in [0.29, 0.717) is 5.78 Å². The van der Waals surface area contributed by atoms with E-state index in [0.717, 1.165) is 5.82 Å². The van der Waals surface area contributed by atoms with Crippen LogP contribution in [0.4, 0.5) is 0 Å². The summed E-state index contributed by atoms with van der Waals surface area (Å²) >= 11 is 0. The quantitative estimate of drug-likeness (QED) is 0.597. The molecule has 0 unspecified atom stereocenters. The van der Waals surface area contributed by atoms with Crippen molar-refractivity contribution in [1.29, 1.82) is 0 Å². The molecule has 2 aromatic rings. The van der Waals surface area contributed by atoms with Crippen LogP contribution in [0.1, 0.15) is 26.6 Å². The summed E-state index contributed by atoms with van der Waals surface area (Å²) in [5, 5.41) is 7.64. The zero-order valence-corrected chi connectivity index (χ0v) is 7.89. The van der Waals surface area contributed by atoms with Crippen molar-refractivity contribution >= 4 is 5.78 Å². The van der Waals surface area contributed by atoms with Gasteiger partial charge in [0.25, 0.3) is 5.78 Å². The predicted octanol–water partition coefficient (Wildman–Crippen LogP) is 0.817. The SMILES string of the molecule is CC(C)(C)c1ncnc2nncn12. The van der Waals surface area contributed by atoms with Crippen LogP contribution in [0.15, 0.2) is 12.7 Å². The highest BCUT2D eigenvalue weighted by molar-refractivity contribution is 5.26. The maximum atomic E-state index is 4.22. The molecule has 0 radical (unpaired) electrons. The third kappa shape index (κ3) is 1.26. The minimum absolute atomic E-state index is 0.0242. The van der Waals surface area contributed by atoms with Gasteiger partial charge in [-0.2, -0.15) is 4.98 Å². The van der Waals surface area contributed by atoms with Gasteiger partial charge in [-0.3, -0.25) is 4.40 Å². The van der Waals surface area contributed by atoms with E-state index < -0.39 is 0 Å². The van der Waals surface area contributed by atoms with Crippen molar-refractivity contribution in [3.8, 4) is 0 Å². The zero-order valence-electron chi connectivity index (χ0n) is 7.89. The second kappa shape index (κ2) is 2.48. The Labute approximate surface area is 75.9 Å². The summed E-state index contributed by atoms with van der Waals surface area (Å²) in [6, 6.07) is 0. The van der Waals surface area contributed by atoms with E-state index in [2.05, 4.69) is 40.9 Å². The second-order valence-corrected chi connectivity index (χ2v) is 3.95. The molecule has 0 aliphatic carbocycles. The normalized spacial score (nSPS) is 12.2. The Morgan fingerprint density at radius 3 is 2.69 bits per heavy atom. The summed E-state index contributed by atoms with van der Waals surface area (Å²) in [7, 11) is 0. The van der Waals surface area contributed by atoms with E-state index in [9.17, 15) is 0 Å².